The molecule has 1 rings (SSSR count). The second-order valence-electron chi connectivity index (χ2n) is 3.74. The largest absolute Gasteiger partial charge is 0.459 e. The number of rotatable bonds is 4. The normalized spacial score (nSPS) is 11.4. The molecule has 5 nitrogen and oxygen atoms in total. The first kappa shape index (κ1) is 13.0. The van der Waals surface area contributed by atoms with E-state index < -0.39 is 5.97 Å². The summed E-state index contributed by atoms with van der Waals surface area (Å²) >= 11 is 0. The Hall–Kier alpha value is -2.04. The van der Waals surface area contributed by atoms with E-state index in [0.717, 1.165) is 0 Å². The Morgan fingerprint density at radius 1 is 1.29 bits per heavy atom. The summed E-state index contributed by atoms with van der Waals surface area (Å²) in [4.78, 5) is 30.6. The third-order valence-electron chi connectivity index (χ3n) is 1.83. The van der Waals surface area contributed by atoms with E-state index in [1.807, 2.05) is 0 Å². The van der Waals surface area contributed by atoms with Crippen molar-refractivity contribution in [2.75, 3.05) is 0 Å². The quantitative estimate of drug-likeness (QED) is 0.341. The third-order valence-corrected chi connectivity index (χ3v) is 1.83. The summed E-state index contributed by atoms with van der Waals surface area (Å²) in [5.74, 6) is -0.976. The number of carbonyl (C=O) groups excluding carboxylic acids is 2. The predicted molar refractivity (Wildman–Crippen MR) is 61.9 cm³/mol. The first-order valence-corrected chi connectivity index (χ1v) is 5.19. The molecule has 5 heteroatoms. The molecule has 0 saturated heterocycles. The van der Waals surface area contributed by atoms with Crippen LogP contribution in [-0.2, 0) is 14.3 Å². The van der Waals surface area contributed by atoms with Crippen LogP contribution in [0.4, 0.5) is 0 Å². The zero-order chi connectivity index (χ0) is 12.8. The van der Waals surface area contributed by atoms with Crippen molar-refractivity contribution >= 4 is 17.8 Å². The first-order valence-electron chi connectivity index (χ1n) is 5.19. The van der Waals surface area contributed by atoms with E-state index in [0.29, 0.717) is 5.56 Å². The van der Waals surface area contributed by atoms with E-state index in [2.05, 4.69) is 9.97 Å². The standard InChI is InChI=1S/C12H14N2O3/c1-8(2)17-12(16)11(9(3)15)4-10-5-13-7-14-6-10/h4-8H,1-3H3. The van der Waals surface area contributed by atoms with Crippen LogP contribution in [0, 0.1) is 0 Å². The Labute approximate surface area is 99.5 Å². The molecule has 0 atom stereocenters. The fraction of sp³-hybridized carbons (Fsp3) is 0.333. The van der Waals surface area contributed by atoms with Gasteiger partial charge in [-0.3, -0.25) is 4.79 Å². The van der Waals surface area contributed by atoms with Crippen molar-refractivity contribution in [3.8, 4) is 0 Å². The predicted octanol–water partition coefficient (Wildman–Crippen LogP) is 1.40. The van der Waals surface area contributed by atoms with Gasteiger partial charge in [-0.15, -0.1) is 0 Å². The van der Waals surface area contributed by atoms with Crippen LogP contribution in [0.2, 0.25) is 0 Å². The molecule has 0 aliphatic rings. The van der Waals surface area contributed by atoms with Crippen molar-refractivity contribution < 1.29 is 14.3 Å². The number of hydrogen-bond donors (Lipinski definition) is 0. The minimum absolute atomic E-state index is 0.00602. The summed E-state index contributed by atoms with van der Waals surface area (Å²) in [6.07, 6.45) is 5.55. The molecular formula is C12H14N2O3. The molecule has 0 aromatic carbocycles. The lowest BCUT2D eigenvalue weighted by Crippen LogP contribution is -2.17. The molecule has 90 valence electrons. The molecule has 1 heterocycles. The van der Waals surface area contributed by atoms with Gasteiger partial charge in [0.05, 0.1) is 6.10 Å². The molecule has 0 amide bonds. The third kappa shape index (κ3) is 4.14. The monoisotopic (exact) mass is 234 g/mol. The minimum atomic E-state index is -0.628. The van der Waals surface area contributed by atoms with Gasteiger partial charge in [-0.25, -0.2) is 14.8 Å². The number of Topliss-reactive ketones (excluding diaryl/α,β-unsaturated/α-hetero) is 1. The van der Waals surface area contributed by atoms with Gasteiger partial charge in [0.2, 0.25) is 0 Å². The lowest BCUT2D eigenvalue weighted by atomic mass is 10.1. The SMILES string of the molecule is CC(=O)C(=Cc1cncnc1)C(=O)OC(C)C. The van der Waals surface area contributed by atoms with Crippen LogP contribution >= 0.6 is 0 Å². The second-order valence-corrected chi connectivity index (χ2v) is 3.74. The number of ketones is 1. The summed E-state index contributed by atoms with van der Waals surface area (Å²) in [5.41, 5.74) is 0.576. The molecule has 1 aromatic heterocycles. The number of aromatic nitrogens is 2. The summed E-state index contributed by atoms with van der Waals surface area (Å²) in [6.45, 7) is 4.76. The molecule has 0 radical (unpaired) electrons. The number of esters is 1. The Balaban J connectivity index is 2.98. The topological polar surface area (TPSA) is 69.2 Å². The molecule has 17 heavy (non-hydrogen) atoms. The van der Waals surface area contributed by atoms with E-state index >= 15 is 0 Å². The molecule has 0 fully saturated rings. The maximum atomic E-state index is 11.6. The maximum Gasteiger partial charge on any atom is 0.342 e. The molecule has 1 aromatic rings. The molecule has 0 N–H and O–H groups in total. The first-order chi connectivity index (χ1) is 8.00. The number of ether oxygens (including phenoxy) is 1. The summed E-state index contributed by atoms with van der Waals surface area (Å²) in [6, 6.07) is 0. The Kier molecular flexibility index (Phi) is 4.51. The van der Waals surface area contributed by atoms with Crippen LogP contribution < -0.4 is 0 Å². The van der Waals surface area contributed by atoms with Crippen molar-refractivity contribution in [1.82, 2.24) is 9.97 Å². The zero-order valence-electron chi connectivity index (χ0n) is 10.0. The molecule has 0 aliphatic carbocycles. The van der Waals surface area contributed by atoms with Gasteiger partial charge in [-0.1, -0.05) is 0 Å². The van der Waals surface area contributed by atoms with Crippen molar-refractivity contribution in [2.45, 2.75) is 26.9 Å². The van der Waals surface area contributed by atoms with E-state index in [1.54, 1.807) is 13.8 Å². The van der Waals surface area contributed by atoms with Crippen LogP contribution in [0.1, 0.15) is 26.3 Å². The fourth-order valence-corrected chi connectivity index (χ4v) is 1.13. The Morgan fingerprint density at radius 3 is 2.35 bits per heavy atom. The van der Waals surface area contributed by atoms with Crippen LogP contribution in [0.15, 0.2) is 24.3 Å². The minimum Gasteiger partial charge on any atom is -0.459 e. The molecule has 0 bridgehead atoms. The average Bonchev–Trinajstić information content (AvgIpc) is 2.25. The van der Waals surface area contributed by atoms with Crippen LogP contribution in [0.5, 0.6) is 0 Å². The highest BCUT2D eigenvalue weighted by Gasteiger charge is 2.17. The number of nitrogens with zero attached hydrogens (tertiary/aromatic N) is 2. The fourth-order valence-electron chi connectivity index (χ4n) is 1.13. The maximum absolute atomic E-state index is 11.6. The van der Waals surface area contributed by atoms with Crippen LogP contribution in [-0.4, -0.2) is 27.8 Å². The zero-order valence-corrected chi connectivity index (χ0v) is 10.0. The van der Waals surface area contributed by atoms with Gasteiger partial charge >= 0.3 is 5.97 Å². The summed E-state index contributed by atoms with van der Waals surface area (Å²) < 4.78 is 4.98. The van der Waals surface area contributed by atoms with Gasteiger partial charge in [0.1, 0.15) is 11.9 Å². The lowest BCUT2D eigenvalue weighted by molar-refractivity contribution is -0.143. The molecule has 0 aliphatic heterocycles. The van der Waals surface area contributed by atoms with Crippen molar-refractivity contribution in [2.24, 2.45) is 0 Å². The summed E-state index contributed by atoms with van der Waals surface area (Å²) in [5, 5.41) is 0. The highest BCUT2D eigenvalue weighted by molar-refractivity contribution is 6.19. The van der Waals surface area contributed by atoms with Gasteiger partial charge in [0, 0.05) is 18.0 Å². The van der Waals surface area contributed by atoms with Crippen molar-refractivity contribution in [3.63, 3.8) is 0 Å². The van der Waals surface area contributed by atoms with Gasteiger partial charge < -0.3 is 4.74 Å². The summed E-state index contributed by atoms with van der Waals surface area (Å²) in [7, 11) is 0. The molecule has 0 spiro atoms. The highest BCUT2D eigenvalue weighted by Crippen LogP contribution is 2.08. The number of carbonyl (C=O) groups is 2. The van der Waals surface area contributed by atoms with E-state index in [9.17, 15) is 9.59 Å². The van der Waals surface area contributed by atoms with Gasteiger partial charge in [0.25, 0.3) is 0 Å². The van der Waals surface area contributed by atoms with Crippen molar-refractivity contribution in [3.05, 3.63) is 29.9 Å². The Bertz CT molecular complexity index is 438. The Morgan fingerprint density at radius 2 is 1.88 bits per heavy atom. The van der Waals surface area contributed by atoms with Crippen LogP contribution in [0.25, 0.3) is 6.08 Å². The van der Waals surface area contributed by atoms with Crippen LogP contribution in [0.3, 0.4) is 0 Å². The lowest BCUT2D eigenvalue weighted by Gasteiger charge is -2.08. The average molecular weight is 234 g/mol. The van der Waals surface area contributed by atoms with E-state index in [4.69, 9.17) is 4.74 Å². The highest BCUT2D eigenvalue weighted by atomic mass is 16.5. The molecule has 0 unspecified atom stereocenters. The van der Waals surface area contributed by atoms with E-state index in [1.165, 1.54) is 31.7 Å². The number of hydrogen-bond acceptors (Lipinski definition) is 5. The second kappa shape index (κ2) is 5.89. The van der Waals surface area contributed by atoms with Gasteiger partial charge in [-0.2, -0.15) is 0 Å². The van der Waals surface area contributed by atoms with Crippen molar-refractivity contribution in [1.29, 1.82) is 0 Å². The van der Waals surface area contributed by atoms with Gasteiger partial charge in [0.15, 0.2) is 5.78 Å². The van der Waals surface area contributed by atoms with Gasteiger partial charge in [-0.05, 0) is 26.8 Å². The molecular weight excluding hydrogens is 220 g/mol. The smallest absolute Gasteiger partial charge is 0.342 e. The molecule has 0 saturated carbocycles. The van der Waals surface area contributed by atoms with E-state index in [-0.39, 0.29) is 17.5 Å².